The van der Waals surface area contributed by atoms with E-state index in [1.807, 2.05) is 6.07 Å². The number of morpholine rings is 1. The van der Waals surface area contributed by atoms with E-state index < -0.39 is 5.91 Å². The van der Waals surface area contributed by atoms with Gasteiger partial charge in [0.15, 0.2) is 0 Å². The summed E-state index contributed by atoms with van der Waals surface area (Å²) in [6.07, 6.45) is -0.149. The number of carbonyl (C=O) groups excluding carboxylic acids is 1. The van der Waals surface area contributed by atoms with E-state index in [1.54, 1.807) is 12.1 Å². The zero-order valence-electron chi connectivity index (χ0n) is 10.6. The van der Waals surface area contributed by atoms with Crippen molar-refractivity contribution in [2.24, 2.45) is 5.84 Å². The highest BCUT2D eigenvalue weighted by Crippen LogP contribution is 2.09. The molecule has 2 heterocycles. The highest BCUT2D eigenvalue weighted by atomic mass is 16.5. The highest BCUT2D eigenvalue weighted by molar-refractivity contribution is 5.91. The van der Waals surface area contributed by atoms with Crippen LogP contribution in [0.15, 0.2) is 18.2 Å². The molecular formula is C12H18N4O3. The van der Waals surface area contributed by atoms with Gasteiger partial charge in [-0.1, -0.05) is 6.07 Å². The first-order valence-corrected chi connectivity index (χ1v) is 6.14. The van der Waals surface area contributed by atoms with Gasteiger partial charge in [0.25, 0.3) is 5.91 Å². The molecule has 1 aliphatic heterocycles. The summed E-state index contributed by atoms with van der Waals surface area (Å²) >= 11 is 0. The third-order valence-electron chi connectivity index (χ3n) is 2.98. The molecule has 1 amide bonds. The summed E-state index contributed by atoms with van der Waals surface area (Å²) in [5.74, 6) is 4.67. The van der Waals surface area contributed by atoms with Crippen LogP contribution in [0, 0.1) is 0 Å². The fraction of sp³-hybridized carbons (Fsp3) is 0.500. The SMILES string of the molecule is NNC(=O)c1cccc(CN2CCOC(CO)C2)n1. The van der Waals surface area contributed by atoms with Crippen molar-refractivity contribution in [3.8, 4) is 0 Å². The number of rotatable bonds is 4. The maximum absolute atomic E-state index is 11.4. The van der Waals surface area contributed by atoms with Crippen LogP contribution in [0.2, 0.25) is 0 Å². The fourth-order valence-electron chi connectivity index (χ4n) is 2.03. The van der Waals surface area contributed by atoms with Gasteiger partial charge in [0.2, 0.25) is 0 Å². The molecule has 7 nitrogen and oxygen atoms in total. The Balaban J connectivity index is 2.00. The molecule has 104 valence electrons. The Morgan fingerprint density at radius 3 is 3.21 bits per heavy atom. The van der Waals surface area contributed by atoms with Gasteiger partial charge in [0, 0.05) is 19.6 Å². The first kappa shape index (κ1) is 13.9. The number of amides is 1. The number of carbonyl (C=O) groups is 1. The van der Waals surface area contributed by atoms with E-state index in [4.69, 9.17) is 15.7 Å². The number of nitrogen functional groups attached to an aromatic ring is 1. The van der Waals surface area contributed by atoms with Gasteiger partial charge in [0.05, 0.1) is 25.0 Å². The second kappa shape index (κ2) is 6.58. The van der Waals surface area contributed by atoms with Crippen molar-refractivity contribution in [3.05, 3.63) is 29.6 Å². The molecule has 4 N–H and O–H groups in total. The maximum Gasteiger partial charge on any atom is 0.283 e. The van der Waals surface area contributed by atoms with Crippen LogP contribution in [0.1, 0.15) is 16.2 Å². The van der Waals surface area contributed by atoms with Crippen molar-refractivity contribution in [1.82, 2.24) is 15.3 Å². The van der Waals surface area contributed by atoms with E-state index in [1.165, 1.54) is 0 Å². The van der Waals surface area contributed by atoms with Crippen molar-refractivity contribution in [1.29, 1.82) is 0 Å². The Morgan fingerprint density at radius 1 is 1.63 bits per heavy atom. The normalized spacial score (nSPS) is 20.2. The molecule has 1 saturated heterocycles. The largest absolute Gasteiger partial charge is 0.394 e. The molecule has 1 atom stereocenters. The summed E-state index contributed by atoms with van der Waals surface area (Å²) in [5.41, 5.74) is 3.15. The van der Waals surface area contributed by atoms with E-state index in [-0.39, 0.29) is 12.7 Å². The van der Waals surface area contributed by atoms with Gasteiger partial charge in [-0.3, -0.25) is 15.1 Å². The third-order valence-corrected chi connectivity index (χ3v) is 2.98. The van der Waals surface area contributed by atoms with Crippen molar-refractivity contribution >= 4 is 5.91 Å². The minimum Gasteiger partial charge on any atom is -0.394 e. The van der Waals surface area contributed by atoms with Crippen molar-refractivity contribution < 1.29 is 14.6 Å². The average molecular weight is 266 g/mol. The number of hydrazine groups is 1. The fourth-order valence-corrected chi connectivity index (χ4v) is 2.03. The van der Waals surface area contributed by atoms with Gasteiger partial charge in [-0.25, -0.2) is 10.8 Å². The zero-order valence-corrected chi connectivity index (χ0v) is 10.6. The molecule has 1 unspecified atom stereocenters. The number of nitrogens with two attached hydrogens (primary N) is 1. The van der Waals surface area contributed by atoms with E-state index in [0.717, 1.165) is 12.2 Å². The summed E-state index contributed by atoms with van der Waals surface area (Å²) in [5, 5.41) is 9.09. The monoisotopic (exact) mass is 266 g/mol. The molecular weight excluding hydrogens is 248 g/mol. The number of hydrogen-bond donors (Lipinski definition) is 3. The van der Waals surface area contributed by atoms with Crippen LogP contribution in [0.4, 0.5) is 0 Å². The standard InChI is InChI=1S/C12H18N4O3/c13-15-12(18)11-3-1-2-9(14-11)6-16-4-5-19-10(7-16)8-17/h1-3,10,17H,4-8,13H2,(H,15,18). The lowest BCUT2D eigenvalue weighted by atomic mass is 10.2. The molecule has 0 radical (unpaired) electrons. The number of aliphatic hydroxyl groups is 1. The van der Waals surface area contributed by atoms with Crippen LogP contribution in [-0.2, 0) is 11.3 Å². The van der Waals surface area contributed by atoms with Gasteiger partial charge in [0.1, 0.15) is 5.69 Å². The number of hydrogen-bond acceptors (Lipinski definition) is 6. The molecule has 0 spiro atoms. The maximum atomic E-state index is 11.4. The first-order chi connectivity index (χ1) is 9.22. The van der Waals surface area contributed by atoms with Crippen LogP contribution < -0.4 is 11.3 Å². The second-order valence-corrected chi connectivity index (χ2v) is 4.40. The summed E-state index contributed by atoms with van der Waals surface area (Å²) in [4.78, 5) is 17.8. The lowest BCUT2D eigenvalue weighted by molar-refractivity contribution is -0.0553. The highest BCUT2D eigenvalue weighted by Gasteiger charge is 2.20. The Hall–Kier alpha value is -1.54. The number of pyridine rings is 1. The lowest BCUT2D eigenvalue weighted by Crippen LogP contribution is -2.43. The molecule has 0 bridgehead atoms. The van der Waals surface area contributed by atoms with Crippen molar-refractivity contribution in [3.63, 3.8) is 0 Å². The number of nitrogens with zero attached hydrogens (tertiary/aromatic N) is 2. The molecule has 7 heteroatoms. The van der Waals surface area contributed by atoms with Gasteiger partial charge in [-0.15, -0.1) is 0 Å². The smallest absolute Gasteiger partial charge is 0.283 e. The molecule has 1 aromatic heterocycles. The molecule has 1 fully saturated rings. The molecule has 1 aliphatic rings. The second-order valence-electron chi connectivity index (χ2n) is 4.40. The Kier molecular flexibility index (Phi) is 4.80. The lowest BCUT2D eigenvalue weighted by Gasteiger charge is -2.31. The summed E-state index contributed by atoms with van der Waals surface area (Å²) < 4.78 is 5.38. The van der Waals surface area contributed by atoms with Crippen molar-refractivity contribution in [2.75, 3.05) is 26.3 Å². The van der Waals surface area contributed by atoms with Gasteiger partial charge in [-0.2, -0.15) is 0 Å². The van der Waals surface area contributed by atoms with Gasteiger partial charge >= 0.3 is 0 Å². The average Bonchev–Trinajstić information content (AvgIpc) is 2.47. The van der Waals surface area contributed by atoms with Gasteiger partial charge < -0.3 is 9.84 Å². The zero-order chi connectivity index (χ0) is 13.7. The Labute approximate surface area is 111 Å². The van der Waals surface area contributed by atoms with Crippen LogP contribution in [-0.4, -0.2) is 53.3 Å². The molecule has 19 heavy (non-hydrogen) atoms. The third kappa shape index (κ3) is 3.71. The predicted octanol–water partition coefficient (Wildman–Crippen LogP) is -1.12. The van der Waals surface area contributed by atoms with Gasteiger partial charge in [-0.05, 0) is 12.1 Å². The number of ether oxygens (including phenoxy) is 1. The quantitative estimate of drug-likeness (QED) is 0.362. The Morgan fingerprint density at radius 2 is 2.47 bits per heavy atom. The summed E-state index contributed by atoms with van der Waals surface area (Å²) in [7, 11) is 0. The first-order valence-electron chi connectivity index (χ1n) is 6.14. The summed E-state index contributed by atoms with van der Waals surface area (Å²) in [6, 6.07) is 5.25. The van der Waals surface area contributed by atoms with E-state index >= 15 is 0 Å². The molecule has 2 rings (SSSR count). The predicted molar refractivity (Wildman–Crippen MR) is 68.0 cm³/mol. The minimum absolute atomic E-state index is 0.0134. The number of nitrogens with one attached hydrogen (secondary N) is 1. The number of aliphatic hydroxyl groups excluding tert-OH is 1. The topological polar surface area (TPSA) is 101 Å². The van der Waals surface area contributed by atoms with Crippen LogP contribution >= 0.6 is 0 Å². The molecule has 0 aliphatic carbocycles. The number of aromatic nitrogens is 1. The van der Waals surface area contributed by atoms with Crippen LogP contribution in [0.25, 0.3) is 0 Å². The van der Waals surface area contributed by atoms with E-state index in [0.29, 0.717) is 25.4 Å². The molecule has 0 saturated carbocycles. The minimum atomic E-state index is -0.405. The van der Waals surface area contributed by atoms with Crippen molar-refractivity contribution in [2.45, 2.75) is 12.6 Å². The summed E-state index contributed by atoms with van der Waals surface area (Å²) in [6.45, 7) is 2.66. The molecule has 0 aromatic carbocycles. The van der Waals surface area contributed by atoms with Crippen LogP contribution in [0.5, 0.6) is 0 Å². The van der Waals surface area contributed by atoms with E-state index in [2.05, 4.69) is 15.3 Å². The Bertz CT molecular complexity index is 441. The van der Waals surface area contributed by atoms with Crippen LogP contribution in [0.3, 0.4) is 0 Å². The molecule has 1 aromatic rings. The van der Waals surface area contributed by atoms with E-state index in [9.17, 15) is 4.79 Å².